The summed E-state index contributed by atoms with van der Waals surface area (Å²) >= 11 is 0. The third-order valence-electron chi connectivity index (χ3n) is 3.43. The van der Waals surface area contributed by atoms with Crippen LogP contribution in [0.4, 0.5) is 15.9 Å². The summed E-state index contributed by atoms with van der Waals surface area (Å²) in [5, 5.41) is 13.8. The van der Waals surface area contributed by atoms with Gasteiger partial charge < -0.3 is 10.1 Å². The molecule has 0 aliphatic heterocycles. The Labute approximate surface area is 120 Å². The molecule has 0 atom stereocenters. The molecule has 0 amide bonds. The Kier molecular flexibility index (Phi) is 4.35. The fraction of sp³-hybridized carbons (Fsp3) is 0.538. The van der Waals surface area contributed by atoms with E-state index in [-0.39, 0.29) is 30.4 Å². The number of pyridine rings is 1. The van der Waals surface area contributed by atoms with Gasteiger partial charge in [0.25, 0.3) is 0 Å². The van der Waals surface area contributed by atoms with Crippen molar-refractivity contribution in [2.75, 3.05) is 25.1 Å². The lowest BCUT2D eigenvalue weighted by atomic mass is 10.1. The fourth-order valence-electron chi connectivity index (χ4n) is 1.85. The normalized spacial score (nSPS) is 15.3. The predicted octanol–water partition coefficient (Wildman–Crippen LogP) is 2.33. The molecular weight excluding hydrogens is 281 g/mol. The molecule has 7 nitrogen and oxygen atoms in total. The van der Waals surface area contributed by atoms with Gasteiger partial charge in [-0.3, -0.25) is 14.5 Å². The van der Waals surface area contributed by atoms with E-state index in [0.29, 0.717) is 0 Å². The third kappa shape index (κ3) is 3.45. The maximum Gasteiger partial charge on any atom is 0.357 e. The molecular formula is C13H16FN3O4. The van der Waals surface area contributed by atoms with E-state index in [1.165, 1.54) is 12.1 Å². The van der Waals surface area contributed by atoms with Crippen molar-refractivity contribution >= 4 is 17.5 Å². The van der Waals surface area contributed by atoms with Gasteiger partial charge >= 0.3 is 11.7 Å². The first-order chi connectivity index (χ1) is 10.0. The van der Waals surface area contributed by atoms with E-state index in [0.717, 1.165) is 12.8 Å². The lowest BCUT2D eigenvalue weighted by molar-refractivity contribution is -0.384. The first-order valence-electron chi connectivity index (χ1n) is 6.64. The van der Waals surface area contributed by atoms with Gasteiger partial charge in [0.2, 0.25) is 5.82 Å². The molecule has 0 unspecified atom stereocenters. The molecule has 1 N–H and O–H groups in total. The number of hydrogen-bond donors (Lipinski definition) is 1. The van der Waals surface area contributed by atoms with Crippen molar-refractivity contribution < 1.29 is 18.8 Å². The summed E-state index contributed by atoms with van der Waals surface area (Å²) in [6.07, 6.45) is 1.48. The lowest BCUT2D eigenvalue weighted by Crippen LogP contribution is -2.19. The molecule has 1 fully saturated rings. The molecule has 1 aliphatic carbocycles. The number of nitrogens with zero attached hydrogens (tertiary/aromatic N) is 2. The summed E-state index contributed by atoms with van der Waals surface area (Å²) in [7, 11) is 0. The zero-order valence-electron chi connectivity index (χ0n) is 11.6. The minimum Gasteiger partial charge on any atom is -0.461 e. The van der Waals surface area contributed by atoms with Gasteiger partial charge in [-0.05, 0) is 25.8 Å². The number of halogens is 1. The Morgan fingerprint density at radius 2 is 2.29 bits per heavy atom. The van der Waals surface area contributed by atoms with Crippen molar-refractivity contribution in [2.24, 2.45) is 5.41 Å². The van der Waals surface area contributed by atoms with E-state index in [9.17, 15) is 19.3 Å². The van der Waals surface area contributed by atoms with E-state index >= 15 is 0 Å². The molecule has 0 bridgehead atoms. The Balaban J connectivity index is 2.20. The molecule has 0 spiro atoms. The van der Waals surface area contributed by atoms with Gasteiger partial charge in [0.05, 0.1) is 18.2 Å². The molecule has 21 heavy (non-hydrogen) atoms. The van der Waals surface area contributed by atoms with Crippen molar-refractivity contribution in [3.63, 3.8) is 0 Å². The third-order valence-corrected chi connectivity index (χ3v) is 3.43. The average Bonchev–Trinajstić information content (AvgIpc) is 3.25. The largest absolute Gasteiger partial charge is 0.461 e. The number of rotatable bonds is 7. The van der Waals surface area contributed by atoms with Gasteiger partial charge in [-0.15, -0.1) is 0 Å². The van der Waals surface area contributed by atoms with Crippen LogP contribution in [0.3, 0.4) is 0 Å². The van der Waals surface area contributed by atoms with Crippen molar-refractivity contribution in [3.8, 4) is 0 Å². The average molecular weight is 297 g/mol. The van der Waals surface area contributed by atoms with E-state index in [1.807, 2.05) is 0 Å². The van der Waals surface area contributed by atoms with Crippen LogP contribution in [0.5, 0.6) is 0 Å². The highest BCUT2D eigenvalue weighted by molar-refractivity contribution is 5.88. The fourth-order valence-corrected chi connectivity index (χ4v) is 1.85. The van der Waals surface area contributed by atoms with Crippen molar-refractivity contribution in [3.05, 3.63) is 27.9 Å². The number of nitrogens with one attached hydrogen (secondary N) is 1. The Morgan fingerprint density at radius 1 is 1.57 bits per heavy atom. The van der Waals surface area contributed by atoms with Crippen LogP contribution in [0.2, 0.25) is 0 Å². The molecule has 0 saturated heterocycles. The lowest BCUT2D eigenvalue weighted by Gasteiger charge is -2.12. The quantitative estimate of drug-likeness (QED) is 0.471. The topological polar surface area (TPSA) is 94.4 Å². The molecule has 1 aromatic heterocycles. The number of carbonyl (C=O) groups excluding carboxylic acids is 1. The summed E-state index contributed by atoms with van der Waals surface area (Å²) in [5.41, 5.74) is -0.720. The SMILES string of the molecule is CCOC(=O)c1ccc([N+](=O)[O-])c(NCC2(CF)CC2)n1. The Bertz CT molecular complexity index is 560. The minimum absolute atomic E-state index is 0.0185. The van der Waals surface area contributed by atoms with Crippen LogP contribution in [0.25, 0.3) is 0 Å². The van der Waals surface area contributed by atoms with Crippen LogP contribution >= 0.6 is 0 Å². The smallest absolute Gasteiger partial charge is 0.357 e. The zero-order valence-corrected chi connectivity index (χ0v) is 11.6. The van der Waals surface area contributed by atoms with Crippen LogP contribution in [-0.4, -0.2) is 35.7 Å². The molecule has 0 radical (unpaired) electrons. The highest BCUT2D eigenvalue weighted by Crippen LogP contribution is 2.46. The summed E-state index contributed by atoms with van der Waals surface area (Å²) in [6.45, 7) is 1.61. The molecule has 1 heterocycles. The second kappa shape index (κ2) is 6.02. The molecule has 114 valence electrons. The number of aromatic nitrogens is 1. The molecule has 0 aromatic carbocycles. The molecule has 8 heteroatoms. The molecule has 1 aliphatic rings. The Hall–Kier alpha value is -2.25. The van der Waals surface area contributed by atoms with E-state index in [4.69, 9.17) is 4.74 Å². The maximum absolute atomic E-state index is 12.8. The van der Waals surface area contributed by atoms with Gasteiger partial charge in [-0.25, -0.2) is 9.78 Å². The van der Waals surface area contributed by atoms with Gasteiger partial charge in [-0.2, -0.15) is 0 Å². The highest BCUT2D eigenvalue weighted by atomic mass is 19.1. The number of alkyl halides is 1. The van der Waals surface area contributed by atoms with Crippen molar-refractivity contribution in [1.29, 1.82) is 0 Å². The van der Waals surface area contributed by atoms with Gasteiger partial charge in [-0.1, -0.05) is 0 Å². The number of anilines is 1. The van der Waals surface area contributed by atoms with Gasteiger partial charge in [0.15, 0.2) is 5.69 Å². The van der Waals surface area contributed by atoms with Crippen LogP contribution in [-0.2, 0) is 4.74 Å². The summed E-state index contributed by atoms with van der Waals surface area (Å²) in [5.74, 6) is -0.688. The maximum atomic E-state index is 12.8. The summed E-state index contributed by atoms with van der Waals surface area (Å²) in [4.78, 5) is 25.9. The summed E-state index contributed by atoms with van der Waals surface area (Å²) in [6, 6.07) is 2.43. The number of carbonyl (C=O) groups is 1. The number of ether oxygens (including phenoxy) is 1. The highest BCUT2D eigenvalue weighted by Gasteiger charge is 2.43. The van der Waals surface area contributed by atoms with Crippen LogP contribution in [0, 0.1) is 15.5 Å². The molecule has 1 aromatic rings. The van der Waals surface area contributed by atoms with Crippen LogP contribution in [0.15, 0.2) is 12.1 Å². The first-order valence-corrected chi connectivity index (χ1v) is 6.64. The molecule has 1 saturated carbocycles. The second-order valence-corrected chi connectivity index (χ2v) is 5.03. The molecule has 2 rings (SSSR count). The van der Waals surface area contributed by atoms with E-state index in [1.54, 1.807) is 6.92 Å². The standard InChI is InChI=1S/C13H16FN3O4/c1-2-21-12(18)9-3-4-10(17(19)20)11(16-9)15-8-13(7-14)5-6-13/h3-4H,2,5-8H2,1H3,(H,15,16). The van der Waals surface area contributed by atoms with E-state index in [2.05, 4.69) is 10.3 Å². The van der Waals surface area contributed by atoms with Crippen molar-refractivity contribution in [1.82, 2.24) is 4.98 Å². The van der Waals surface area contributed by atoms with Crippen LogP contribution < -0.4 is 5.32 Å². The number of hydrogen-bond acceptors (Lipinski definition) is 6. The number of nitro groups is 1. The minimum atomic E-state index is -0.651. The monoisotopic (exact) mass is 297 g/mol. The summed E-state index contributed by atoms with van der Waals surface area (Å²) < 4.78 is 17.6. The first kappa shape index (κ1) is 15.1. The van der Waals surface area contributed by atoms with Gasteiger partial charge in [0.1, 0.15) is 0 Å². The van der Waals surface area contributed by atoms with Gasteiger partial charge in [0, 0.05) is 18.0 Å². The number of esters is 1. The second-order valence-electron chi connectivity index (χ2n) is 5.03. The predicted molar refractivity (Wildman–Crippen MR) is 73.0 cm³/mol. The van der Waals surface area contributed by atoms with E-state index < -0.39 is 23.0 Å². The Morgan fingerprint density at radius 3 is 2.81 bits per heavy atom. The van der Waals surface area contributed by atoms with Crippen LogP contribution in [0.1, 0.15) is 30.3 Å². The zero-order chi connectivity index (χ0) is 15.5. The van der Waals surface area contributed by atoms with Crippen molar-refractivity contribution in [2.45, 2.75) is 19.8 Å².